The fraction of sp³-hybridized carbons (Fsp3) is 0.467. The molecule has 1 amide bonds. The summed E-state index contributed by atoms with van der Waals surface area (Å²) in [6.07, 6.45) is 1.99. The lowest BCUT2D eigenvalue weighted by atomic mass is 9.92. The van der Waals surface area contributed by atoms with Crippen molar-refractivity contribution in [3.8, 4) is 0 Å². The molecule has 5 heteroatoms. The third kappa shape index (κ3) is 2.73. The summed E-state index contributed by atoms with van der Waals surface area (Å²) in [5.74, 6) is -0.995. The Bertz CT molecular complexity index is 532. The summed E-state index contributed by atoms with van der Waals surface area (Å²) in [6, 6.07) is 7.55. The second-order valence-corrected chi connectivity index (χ2v) is 6.06. The van der Waals surface area contributed by atoms with E-state index in [-0.39, 0.29) is 12.3 Å². The van der Waals surface area contributed by atoms with Gasteiger partial charge in [0.1, 0.15) is 5.54 Å². The van der Waals surface area contributed by atoms with Crippen LogP contribution in [0.5, 0.6) is 0 Å². The van der Waals surface area contributed by atoms with Gasteiger partial charge in [0.05, 0.1) is 6.42 Å². The van der Waals surface area contributed by atoms with E-state index < -0.39 is 11.5 Å². The minimum absolute atomic E-state index is 0.107. The Labute approximate surface area is 126 Å². The van der Waals surface area contributed by atoms with E-state index in [1.807, 2.05) is 31.2 Å². The molecule has 1 N–H and O–H groups in total. The number of carboxylic acids is 1. The summed E-state index contributed by atoms with van der Waals surface area (Å²) < 4.78 is 0.921. The largest absolute Gasteiger partial charge is 0.479 e. The number of benzene rings is 1. The average molecular weight is 340 g/mol. The summed E-state index contributed by atoms with van der Waals surface area (Å²) in [5.41, 5.74) is -0.116. The number of amides is 1. The van der Waals surface area contributed by atoms with Crippen LogP contribution >= 0.6 is 15.9 Å². The highest BCUT2D eigenvalue weighted by atomic mass is 79.9. The average Bonchev–Trinajstić information content (AvgIpc) is 2.83. The number of aliphatic carboxylic acids is 1. The number of halogens is 1. The van der Waals surface area contributed by atoms with E-state index in [4.69, 9.17) is 0 Å². The molecule has 0 aromatic heterocycles. The topological polar surface area (TPSA) is 57.6 Å². The highest BCUT2D eigenvalue weighted by molar-refractivity contribution is 9.10. The Morgan fingerprint density at radius 3 is 2.80 bits per heavy atom. The molecule has 4 nitrogen and oxygen atoms in total. The van der Waals surface area contributed by atoms with Gasteiger partial charge in [0.25, 0.3) is 0 Å². The van der Waals surface area contributed by atoms with Crippen molar-refractivity contribution in [2.75, 3.05) is 6.54 Å². The van der Waals surface area contributed by atoms with Crippen LogP contribution in [0.3, 0.4) is 0 Å². The molecule has 1 aromatic carbocycles. The van der Waals surface area contributed by atoms with E-state index in [2.05, 4.69) is 15.9 Å². The second-order valence-electron chi connectivity index (χ2n) is 5.15. The summed E-state index contributed by atoms with van der Waals surface area (Å²) in [6.45, 7) is 2.37. The fourth-order valence-electron chi connectivity index (χ4n) is 2.90. The maximum Gasteiger partial charge on any atom is 0.329 e. The monoisotopic (exact) mass is 339 g/mol. The van der Waals surface area contributed by atoms with Gasteiger partial charge in [-0.2, -0.15) is 0 Å². The number of hydrogen-bond donors (Lipinski definition) is 1. The van der Waals surface area contributed by atoms with Gasteiger partial charge >= 0.3 is 5.97 Å². The van der Waals surface area contributed by atoms with Crippen LogP contribution in [0, 0.1) is 0 Å². The van der Waals surface area contributed by atoms with Gasteiger partial charge in [0.2, 0.25) is 5.91 Å². The molecule has 0 spiro atoms. The lowest BCUT2D eigenvalue weighted by Crippen LogP contribution is -2.53. The minimum atomic E-state index is -1.01. The van der Waals surface area contributed by atoms with Crippen LogP contribution in [0.2, 0.25) is 0 Å². The minimum Gasteiger partial charge on any atom is -0.479 e. The zero-order valence-electron chi connectivity index (χ0n) is 11.4. The lowest BCUT2D eigenvalue weighted by molar-refractivity contribution is -0.156. The SMILES string of the molecule is CCC1(C(=O)O)CCCN1C(=O)Cc1cccc(Br)c1. The molecule has 20 heavy (non-hydrogen) atoms. The quantitative estimate of drug-likeness (QED) is 0.917. The van der Waals surface area contributed by atoms with Crippen molar-refractivity contribution < 1.29 is 14.7 Å². The highest BCUT2D eigenvalue weighted by Gasteiger charge is 2.48. The summed E-state index contributed by atoms with van der Waals surface area (Å²) in [4.78, 5) is 25.6. The molecule has 1 aromatic rings. The molecular weight excluding hydrogens is 322 g/mol. The van der Waals surface area contributed by atoms with Crippen LogP contribution in [-0.4, -0.2) is 34.0 Å². The molecule has 1 saturated heterocycles. The first-order chi connectivity index (χ1) is 9.49. The first-order valence-electron chi connectivity index (χ1n) is 6.78. The van der Waals surface area contributed by atoms with Crippen LogP contribution in [0.15, 0.2) is 28.7 Å². The van der Waals surface area contributed by atoms with Gasteiger partial charge in [-0.3, -0.25) is 4.79 Å². The first-order valence-corrected chi connectivity index (χ1v) is 7.57. The van der Waals surface area contributed by atoms with Gasteiger partial charge in [-0.15, -0.1) is 0 Å². The van der Waals surface area contributed by atoms with Gasteiger partial charge in [-0.05, 0) is 37.0 Å². The Morgan fingerprint density at radius 2 is 2.20 bits per heavy atom. The predicted molar refractivity (Wildman–Crippen MR) is 79.5 cm³/mol. The lowest BCUT2D eigenvalue weighted by Gasteiger charge is -2.34. The van der Waals surface area contributed by atoms with Gasteiger partial charge < -0.3 is 10.0 Å². The standard InChI is InChI=1S/C15H18BrNO3/c1-2-15(14(19)20)7-4-8-17(15)13(18)10-11-5-3-6-12(16)9-11/h3,5-6,9H,2,4,7-8,10H2,1H3,(H,19,20). The number of rotatable bonds is 4. The van der Waals surface area contributed by atoms with Crippen molar-refractivity contribution in [2.24, 2.45) is 0 Å². The molecule has 1 fully saturated rings. The number of nitrogens with zero attached hydrogens (tertiary/aromatic N) is 1. The molecule has 0 aliphatic carbocycles. The predicted octanol–water partition coefficient (Wildman–Crippen LogP) is 2.85. The third-order valence-corrected chi connectivity index (χ3v) is 4.51. The molecule has 108 valence electrons. The molecule has 1 aliphatic heterocycles. The highest BCUT2D eigenvalue weighted by Crippen LogP contribution is 2.33. The number of carboxylic acid groups (broad SMARTS) is 1. The molecular formula is C15H18BrNO3. The van der Waals surface area contributed by atoms with E-state index in [0.717, 1.165) is 16.5 Å². The molecule has 0 radical (unpaired) electrons. The second kappa shape index (κ2) is 5.95. The molecule has 0 saturated carbocycles. The fourth-order valence-corrected chi connectivity index (χ4v) is 3.35. The molecule has 1 atom stereocenters. The maximum absolute atomic E-state index is 12.5. The summed E-state index contributed by atoms with van der Waals surface area (Å²) in [5, 5.41) is 9.49. The van der Waals surface area contributed by atoms with Crippen molar-refractivity contribution in [1.29, 1.82) is 0 Å². The number of likely N-dealkylation sites (tertiary alicyclic amines) is 1. The molecule has 1 heterocycles. The maximum atomic E-state index is 12.5. The third-order valence-electron chi connectivity index (χ3n) is 4.02. The summed E-state index contributed by atoms with van der Waals surface area (Å²) >= 11 is 3.38. The Hall–Kier alpha value is -1.36. The van der Waals surface area contributed by atoms with Gasteiger partial charge in [0.15, 0.2) is 0 Å². The number of carbonyl (C=O) groups is 2. The number of hydrogen-bond acceptors (Lipinski definition) is 2. The van der Waals surface area contributed by atoms with Crippen LogP contribution in [0.4, 0.5) is 0 Å². The molecule has 2 rings (SSSR count). The zero-order chi connectivity index (χ0) is 14.8. The van der Waals surface area contributed by atoms with Gasteiger partial charge in [-0.25, -0.2) is 4.79 Å². The Balaban J connectivity index is 2.18. The van der Waals surface area contributed by atoms with Crippen molar-refractivity contribution in [3.05, 3.63) is 34.3 Å². The normalized spacial score (nSPS) is 22.0. The van der Waals surface area contributed by atoms with Crippen LogP contribution in [0.25, 0.3) is 0 Å². The van der Waals surface area contributed by atoms with Gasteiger partial charge in [-0.1, -0.05) is 35.0 Å². The number of carbonyl (C=O) groups excluding carboxylic acids is 1. The van der Waals surface area contributed by atoms with Crippen LogP contribution < -0.4 is 0 Å². The van der Waals surface area contributed by atoms with E-state index in [0.29, 0.717) is 19.4 Å². The zero-order valence-corrected chi connectivity index (χ0v) is 13.0. The van der Waals surface area contributed by atoms with E-state index in [1.165, 1.54) is 0 Å². The van der Waals surface area contributed by atoms with Crippen molar-refractivity contribution in [2.45, 2.75) is 38.1 Å². The van der Waals surface area contributed by atoms with E-state index >= 15 is 0 Å². The molecule has 0 bridgehead atoms. The Morgan fingerprint density at radius 1 is 1.45 bits per heavy atom. The smallest absolute Gasteiger partial charge is 0.329 e. The van der Waals surface area contributed by atoms with Gasteiger partial charge in [0, 0.05) is 11.0 Å². The Kier molecular flexibility index (Phi) is 4.48. The first kappa shape index (κ1) is 15.0. The van der Waals surface area contributed by atoms with Crippen molar-refractivity contribution >= 4 is 27.8 Å². The summed E-state index contributed by atoms with van der Waals surface area (Å²) in [7, 11) is 0. The van der Waals surface area contributed by atoms with E-state index in [9.17, 15) is 14.7 Å². The van der Waals surface area contributed by atoms with Crippen molar-refractivity contribution in [1.82, 2.24) is 4.90 Å². The van der Waals surface area contributed by atoms with Crippen LogP contribution in [0.1, 0.15) is 31.7 Å². The van der Waals surface area contributed by atoms with Crippen LogP contribution in [-0.2, 0) is 16.0 Å². The molecule has 1 unspecified atom stereocenters. The van der Waals surface area contributed by atoms with E-state index in [1.54, 1.807) is 4.90 Å². The van der Waals surface area contributed by atoms with Crippen molar-refractivity contribution in [3.63, 3.8) is 0 Å². The molecule has 1 aliphatic rings.